The van der Waals surface area contributed by atoms with Crippen molar-refractivity contribution in [3.05, 3.63) is 0 Å². The van der Waals surface area contributed by atoms with Crippen LogP contribution in [-0.4, -0.2) is 50.3 Å². The molecule has 17 heavy (non-hydrogen) atoms. The minimum absolute atomic E-state index is 0.0629. The predicted molar refractivity (Wildman–Crippen MR) is 61.2 cm³/mol. The fourth-order valence-electron chi connectivity index (χ4n) is 2.39. The number of likely N-dealkylation sites (tertiary alicyclic amines) is 1. The zero-order valence-electron chi connectivity index (χ0n) is 10.8. The van der Waals surface area contributed by atoms with Crippen molar-refractivity contribution in [2.45, 2.75) is 38.8 Å². The van der Waals surface area contributed by atoms with Gasteiger partial charge in [0.25, 0.3) is 5.92 Å². The Hall–Kier alpha value is -0.290. The number of hydrogen-bond acceptors (Lipinski definition) is 2. The van der Waals surface area contributed by atoms with Crippen LogP contribution in [0.4, 0.5) is 13.2 Å². The van der Waals surface area contributed by atoms with Crippen molar-refractivity contribution in [2.75, 3.05) is 33.4 Å². The van der Waals surface area contributed by atoms with Crippen LogP contribution in [0.25, 0.3) is 0 Å². The van der Waals surface area contributed by atoms with Crippen LogP contribution in [0.2, 0.25) is 0 Å². The van der Waals surface area contributed by atoms with Crippen LogP contribution in [-0.2, 0) is 4.74 Å². The molecule has 0 aromatic heterocycles. The van der Waals surface area contributed by atoms with Gasteiger partial charge in [0.15, 0.2) is 0 Å². The van der Waals surface area contributed by atoms with Gasteiger partial charge >= 0.3 is 0 Å². The molecule has 2 fully saturated rings. The van der Waals surface area contributed by atoms with Crippen molar-refractivity contribution in [3.8, 4) is 0 Å². The molecule has 1 saturated carbocycles. The Morgan fingerprint density at radius 3 is 2.29 bits per heavy atom. The molecule has 1 heterocycles. The highest BCUT2D eigenvalue weighted by molar-refractivity contribution is 5.12. The lowest BCUT2D eigenvalue weighted by Crippen LogP contribution is -2.34. The molecule has 0 bridgehead atoms. The third kappa shape index (κ3) is 3.13. The highest BCUT2D eigenvalue weighted by Crippen LogP contribution is 2.61. The Morgan fingerprint density at radius 2 is 1.94 bits per heavy atom. The van der Waals surface area contributed by atoms with Gasteiger partial charge in [0, 0.05) is 33.2 Å². The van der Waals surface area contributed by atoms with E-state index in [4.69, 9.17) is 4.74 Å². The van der Waals surface area contributed by atoms with E-state index >= 15 is 0 Å². The van der Waals surface area contributed by atoms with Gasteiger partial charge in [-0.05, 0) is 6.42 Å². The molecule has 1 saturated heterocycles. The number of rotatable bonds is 4. The summed E-state index contributed by atoms with van der Waals surface area (Å²) in [6.07, 6.45) is -0.507. The molecule has 2 nitrogen and oxygen atoms in total. The quantitative estimate of drug-likeness (QED) is 0.764. The summed E-state index contributed by atoms with van der Waals surface area (Å²) in [6.45, 7) is 5.20. The van der Waals surface area contributed by atoms with Gasteiger partial charge in [-0.25, -0.2) is 13.2 Å². The third-order valence-electron chi connectivity index (χ3n) is 3.37. The normalized spacial score (nSPS) is 35.3. The molecule has 0 N–H and O–H groups in total. The van der Waals surface area contributed by atoms with Crippen LogP contribution in [0.3, 0.4) is 0 Å². The molecule has 0 radical (unpaired) electrons. The Labute approximate surface area is 101 Å². The van der Waals surface area contributed by atoms with E-state index in [1.54, 1.807) is 4.90 Å². The highest BCUT2D eigenvalue weighted by atomic mass is 19.3. The minimum Gasteiger partial charge on any atom is -0.384 e. The lowest BCUT2D eigenvalue weighted by atomic mass is 10.1. The molecule has 0 spiro atoms. The summed E-state index contributed by atoms with van der Waals surface area (Å²) in [5.74, 6) is -2.63. The number of ether oxygens (including phenoxy) is 1. The lowest BCUT2D eigenvalue weighted by Gasteiger charge is -2.22. The number of hydrogen-bond donors (Lipinski definition) is 0. The van der Waals surface area contributed by atoms with Crippen LogP contribution in [0.15, 0.2) is 0 Å². The summed E-state index contributed by atoms with van der Waals surface area (Å²) in [5.41, 5.74) is -1.05. The van der Waals surface area contributed by atoms with E-state index in [0.717, 1.165) is 0 Å². The lowest BCUT2D eigenvalue weighted by molar-refractivity contribution is 0.00842. The van der Waals surface area contributed by atoms with Crippen LogP contribution >= 0.6 is 0 Å². The van der Waals surface area contributed by atoms with E-state index in [9.17, 15) is 13.2 Å². The first-order chi connectivity index (χ1) is 7.99. The van der Waals surface area contributed by atoms with Crippen molar-refractivity contribution >= 4 is 0 Å². The average Bonchev–Trinajstić information content (AvgIpc) is 2.59. The summed E-state index contributed by atoms with van der Waals surface area (Å²) in [7, 11) is 1.43. The van der Waals surface area contributed by atoms with Gasteiger partial charge in [0.1, 0.15) is 6.17 Å². The van der Waals surface area contributed by atoms with Gasteiger partial charge in [-0.2, -0.15) is 0 Å². The third-order valence-corrected chi connectivity index (χ3v) is 3.37. The van der Waals surface area contributed by atoms with E-state index in [1.165, 1.54) is 7.11 Å². The van der Waals surface area contributed by atoms with E-state index in [0.29, 0.717) is 19.5 Å². The summed E-state index contributed by atoms with van der Waals surface area (Å²) in [5, 5.41) is 0. The average molecular weight is 253 g/mol. The van der Waals surface area contributed by atoms with Gasteiger partial charge in [-0.3, -0.25) is 4.90 Å². The van der Waals surface area contributed by atoms with Crippen molar-refractivity contribution in [1.29, 1.82) is 0 Å². The van der Waals surface area contributed by atoms with Crippen molar-refractivity contribution < 1.29 is 17.9 Å². The molecule has 0 aromatic rings. The molecule has 102 valence electrons. The van der Waals surface area contributed by atoms with Crippen LogP contribution in [0.5, 0.6) is 0 Å². The number of halogens is 3. The van der Waals surface area contributed by atoms with E-state index in [1.807, 2.05) is 13.8 Å². The molecule has 2 rings (SSSR count). The molecule has 0 amide bonds. The molecule has 1 aliphatic carbocycles. The van der Waals surface area contributed by atoms with Crippen LogP contribution < -0.4 is 0 Å². The zero-order valence-corrected chi connectivity index (χ0v) is 10.8. The highest BCUT2D eigenvalue weighted by Gasteiger charge is 2.71. The van der Waals surface area contributed by atoms with Crippen molar-refractivity contribution in [2.24, 2.45) is 5.41 Å². The first kappa shape index (κ1) is 14.8. The Bertz CT molecular complexity index is 250. The largest absolute Gasteiger partial charge is 0.384 e. The van der Waals surface area contributed by atoms with Gasteiger partial charge < -0.3 is 4.74 Å². The SMILES string of the molecule is CC.COC[C@]1(CN2CC[C@@H](F)C2)CC1(F)F. The van der Waals surface area contributed by atoms with E-state index in [-0.39, 0.29) is 19.6 Å². The molecular weight excluding hydrogens is 231 g/mol. The minimum atomic E-state index is -2.63. The van der Waals surface area contributed by atoms with Crippen molar-refractivity contribution in [3.63, 3.8) is 0 Å². The molecule has 0 aromatic carbocycles. The summed E-state index contributed by atoms with van der Waals surface area (Å²) in [6, 6.07) is 0. The number of alkyl halides is 3. The summed E-state index contributed by atoms with van der Waals surface area (Å²) >= 11 is 0. The second-order valence-corrected chi connectivity index (χ2v) is 4.72. The van der Waals surface area contributed by atoms with E-state index in [2.05, 4.69) is 0 Å². The fourth-order valence-corrected chi connectivity index (χ4v) is 2.39. The zero-order chi connectivity index (χ0) is 13.1. The standard InChI is InChI=1S/C10H16F3NO.C2H6/c1-15-7-9(5-10(9,12)13)6-14-3-2-8(11)4-14;1-2/h8H,2-7H2,1H3;1-2H3/t8-,9-;/m1./s1. The molecule has 2 aliphatic rings. The fraction of sp³-hybridized carbons (Fsp3) is 1.00. The topological polar surface area (TPSA) is 12.5 Å². The smallest absolute Gasteiger partial charge is 0.258 e. The van der Waals surface area contributed by atoms with Crippen LogP contribution in [0, 0.1) is 5.41 Å². The molecule has 0 unspecified atom stereocenters. The van der Waals surface area contributed by atoms with Gasteiger partial charge in [-0.15, -0.1) is 0 Å². The maximum Gasteiger partial charge on any atom is 0.258 e. The first-order valence-electron chi connectivity index (χ1n) is 6.22. The monoisotopic (exact) mass is 253 g/mol. The van der Waals surface area contributed by atoms with E-state index < -0.39 is 17.5 Å². The second kappa shape index (κ2) is 5.57. The van der Waals surface area contributed by atoms with Gasteiger partial charge in [-0.1, -0.05) is 13.8 Å². The maximum absolute atomic E-state index is 13.2. The first-order valence-corrected chi connectivity index (χ1v) is 6.22. The molecule has 1 aliphatic heterocycles. The van der Waals surface area contributed by atoms with Crippen molar-refractivity contribution in [1.82, 2.24) is 4.90 Å². The van der Waals surface area contributed by atoms with Crippen LogP contribution in [0.1, 0.15) is 26.7 Å². The van der Waals surface area contributed by atoms with Gasteiger partial charge in [0.2, 0.25) is 0 Å². The maximum atomic E-state index is 13.2. The predicted octanol–water partition coefficient (Wildman–Crippen LogP) is 2.73. The Balaban J connectivity index is 0.000000686. The molecule has 2 atom stereocenters. The summed E-state index contributed by atoms with van der Waals surface area (Å²) in [4.78, 5) is 1.78. The summed E-state index contributed by atoms with van der Waals surface area (Å²) < 4.78 is 44.1. The second-order valence-electron chi connectivity index (χ2n) is 4.72. The Kier molecular flexibility index (Phi) is 4.84. The van der Waals surface area contributed by atoms with Gasteiger partial charge in [0.05, 0.1) is 12.0 Å². The molecular formula is C12H22F3NO. The molecule has 5 heteroatoms. The Morgan fingerprint density at radius 1 is 1.35 bits per heavy atom. The number of nitrogens with zero attached hydrogens (tertiary/aromatic N) is 1. The number of methoxy groups -OCH3 is 1.